The molecule has 4 nitrogen and oxygen atoms in total. The Bertz CT molecular complexity index is 456. The zero-order valence-corrected chi connectivity index (χ0v) is 13.5. The van der Waals surface area contributed by atoms with Gasteiger partial charge in [-0.1, -0.05) is 20.8 Å². The van der Waals surface area contributed by atoms with E-state index in [0.29, 0.717) is 5.92 Å². The minimum atomic E-state index is 0.354. The Hall–Kier alpha value is -1.32. The molecule has 0 amide bonds. The maximum absolute atomic E-state index is 4.85. The molecule has 1 aromatic heterocycles. The van der Waals surface area contributed by atoms with Crippen molar-refractivity contribution in [3.05, 3.63) is 11.4 Å². The van der Waals surface area contributed by atoms with Crippen LogP contribution >= 0.6 is 0 Å². The average molecular weight is 276 g/mol. The van der Waals surface area contributed by atoms with Crippen molar-refractivity contribution in [3.8, 4) is 0 Å². The molecule has 1 fully saturated rings. The highest BCUT2D eigenvalue weighted by atomic mass is 15.2. The Morgan fingerprint density at radius 2 is 1.95 bits per heavy atom. The number of hydrogen-bond donors (Lipinski definition) is 1. The standard InChI is InChI=1S/C16H28N4/c1-11(2)14-18-15(17-5)13(4)16(19-14)20-9-6-7-12(3)8-10-20/h11-12H,6-10H2,1-5H3,(H,17,18,19). The first-order chi connectivity index (χ1) is 9.52. The summed E-state index contributed by atoms with van der Waals surface area (Å²) in [4.78, 5) is 11.9. The molecule has 0 radical (unpaired) electrons. The van der Waals surface area contributed by atoms with E-state index in [1.165, 1.54) is 24.8 Å². The second-order valence-corrected chi connectivity index (χ2v) is 6.31. The summed E-state index contributed by atoms with van der Waals surface area (Å²) in [7, 11) is 1.94. The summed E-state index contributed by atoms with van der Waals surface area (Å²) in [5.41, 5.74) is 1.17. The van der Waals surface area contributed by atoms with E-state index in [-0.39, 0.29) is 0 Å². The lowest BCUT2D eigenvalue weighted by Crippen LogP contribution is -2.27. The van der Waals surface area contributed by atoms with Crippen LogP contribution in [0.25, 0.3) is 0 Å². The molecule has 2 rings (SSSR count). The van der Waals surface area contributed by atoms with Crippen molar-refractivity contribution in [2.45, 2.75) is 52.9 Å². The molecule has 0 aromatic carbocycles. The molecule has 1 atom stereocenters. The summed E-state index contributed by atoms with van der Waals surface area (Å²) < 4.78 is 0. The Morgan fingerprint density at radius 3 is 2.60 bits per heavy atom. The van der Waals surface area contributed by atoms with Crippen LogP contribution in [0.15, 0.2) is 0 Å². The average Bonchev–Trinajstić information content (AvgIpc) is 2.63. The van der Waals surface area contributed by atoms with Gasteiger partial charge in [-0.3, -0.25) is 0 Å². The van der Waals surface area contributed by atoms with E-state index in [9.17, 15) is 0 Å². The Kier molecular flexibility index (Phi) is 4.84. The predicted octanol–water partition coefficient (Wildman–Crippen LogP) is 3.58. The molecule has 1 N–H and O–H groups in total. The van der Waals surface area contributed by atoms with Crippen molar-refractivity contribution in [2.24, 2.45) is 5.92 Å². The molecule has 2 heterocycles. The molecule has 1 aliphatic heterocycles. The van der Waals surface area contributed by atoms with E-state index >= 15 is 0 Å². The van der Waals surface area contributed by atoms with E-state index in [2.05, 4.69) is 42.9 Å². The normalized spacial score (nSPS) is 20.1. The van der Waals surface area contributed by atoms with Gasteiger partial charge in [-0.15, -0.1) is 0 Å². The van der Waals surface area contributed by atoms with E-state index in [4.69, 9.17) is 4.98 Å². The van der Waals surface area contributed by atoms with Gasteiger partial charge in [0.1, 0.15) is 17.5 Å². The van der Waals surface area contributed by atoms with E-state index in [0.717, 1.165) is 36.5 Å². The molecule has 112 valence electrons. The van der Waals surface area contributed by atoms with E-state index in [1.54, 1.807) is 0 Å². The van der Waals surface area contributed by atoms with Crippen LogP contribution in [0.4, 0.5) is 11.6 Å². The van der Waals surface area contributed by atoms with Gasteiger partial charge in [-0.25, -0.2) is 9.97 Å². The number of nitrogens with zero attached hydrogens (tertiary/aromatic N) is 3. The third-order valence-corrected chi connectivity index (χ3v) is 4.21. The monoisotopic (exact) mass is 276 g/mol. The summed E-state index contributed by atoms with van der Waals surface area (Å²) >= 11 is 0. The number of nitrogens with one attached hydrogen (secondary N) is 1. The van der Waals surface area contributed by atoms with Crippen LogP contribution in [0.2, 0.25) is 0 Å². The van der Waals surface area contributed by atoms with Crippen LogP contribution in [0.1, 0.15) is 57.3 Å². The van der Waals surface area contributed by atoms with Gasteiger partial charge in [0.15, 0.2) is 0 Å². The molecular weight excluding hydrogens is 248 g/mol. The number of hydrogen-bond acceptors (Lipinski definition) is 4. The summed E-state index contributed by atoms with van der Waals surface area (Å²) in [6, 6.07) is 0. The molecule has 20 heavy (non-hydrogen) atoms. The zero-order valence-electron chi connectivity index (χ0n) is 13.5. The molecular formula is C16H28N4. The van der Waals surface area contributed by atoms with Crippen LogP contribution in [-0.4, -0.2) is 30.1 Å². The maximum Gasteiger partial charge on any atom is 0.137 e. The van der Waals surface area contributed by atoms with Gasteiger partial charge in [-0.05, 0) is 32.1 Å². The topological polar surface area (TPSA) is 41.1 Å². The Labute approximate surface area is 123 Å². The van der Waals surface area contributed by atoms with Crippen molar-refractivity contribution in [1.29, 1.82) is 0 Å². The van der Waals surface area contributed by atoms with Crippen molar-refractivity contribution < 1.29 is 0 Å². The second-order valence-electron chi connectivity index (χ2n) is 6.31. The fourth-order valence-corrected chi connectivity index (χ4v) is 2.81. The smallest absolute Gasteiger partial charge is 0.137 e. The molecule has 1 saturated heterocycles. The summed E-state index contributed by atoms with van der Waals surface area (Å²) in [5, 5.41) is 3.22. The van der Waals surface area contributed by atoms with Crippen molar-refractivity contribution >= 4 is 11.6 Å². The third kappa shape index (κ3) is 3.22. The SMILES string of the molecule is CNc1nc(C(C)C)nc(N2CCCC(C)CC2)c1C. The zero-order chi connectivity index (χ0) is 14.7. The first-order valence-corrected chi connectivity index (χ1v) is 7.84. The van der Waals surface area contributed by atoms with Crippen LogP contribution in [0.5, 0.6) is 0 Å². The molecule has 0 spiro atoms. The molecule has 4 heteroatoms. The maximum atomic E-state index is 4.85. The van der Waals surface area contributed by atoms with E-state index in [1.807, 2.05) is 7.05 Å². The first-order valence-electron chi connectivity index (χ1n) is 7.84. The second kappa shape index (κ2) is 6.42. The highest BCUT2D eigenvalue weighted by molar-refractivity contribution is 5.58. The van der Waals surface area contributed by atoms with Gasteiger partial charge in [-0.2, -0.15) is 0 Å². The van der Waals surface area contributed by atoms with Gasteiger partial charge in [0.2, 0.25) is 0 Å². The highest BCUT2D eigenvalue weighted by Gasteiger charge is 2.20. The lowest BCUT2D eigenvalue weighted by Gasteiger charge is -2.25. The van der Waals surface area contributed by atoms with Crippen molar-refractivity contribution in [2.75, 3.05) is 30.4 Å². The third-order valence-electron chi connectivity index (χ3n) is 4.21. The first kappa shape index (κ1) is 15.1. The largest absolute Gasteiger partial charge is 0.373 e. The minimum absolute atomic E-state index is 0.354. The number of anilines is 2. The van der Waals surface area contributed by atoms with Crippen molar-refractivity contribution in [3.63, 3.8) is 0 Å². The summed E-state index contributed by atoms with van der Waals surface area (Å²) in [6.45, 7) is 11.0. The molecule has 1 aromatic rings. The lowest BCUT2D eigenvalue weighted by atomic mass is 10.0. The van der Waals surface area contributed by atoms with Gasteiger partial charge in [0.25, 0.3) is 0 Å². The molecule has 0 saturated carbocycles. The van der Waals surface area contributed by atoms with Crippen LogP contribution < -0.4 is 10.2 Å². The Balaban J connectivity index is 2.36. The number of rotatable bonds is 3. The number of aromatic nitrogens is 2. The highest BCUT2D eigenvalue weighted by Crippen LogP contribution is 2.28. The summed E-state index contributed by atoms with van der Waals surface area (Å²) in [5.74, 6) is 4.22. The summed E-state index contributed by atoms with van der Waals surface area (Å²) in [6.07, 6.45) is 3.85. The Morgan fingerprint density at radius 1 is 1.20 bits per heavy atom. The molecule has 1 aliphatic rings. The van der Waals surface area contributed by atoms with Gasteiger partial charge in [0.05, 0.1) is 0 Å². The molecule has 0 aliphatic carbocycles. The fourth-order valence-electron chi connectivity index (χ4n) is 2.81. The molecule has 1 unspecified atom stereocenters. The van der Waals surface area contributed by atoms with Crippen LogP contribution in [0.3, 0.4) is 0 Å². The quantitative estimate of drug-likeness (QED) is 0.916. The van der Waals surface area contributed by atoms with E-state index < -0.39 is 0 Å². The predicted molar refractivity (Wildman–Crippen MR) is 85.6 cm³/mol. The van der Waals surface area contributed by atoms with Crippen LogP contribution in [0, 0.1) is 12.8 Å². The van der Waals surface area contributed by atoms with Gasteiger partial charge >= 0.3 is 0 Å². The molecule has 0 bridgehead atoms. The fraction of sp³-hybridized carbons (Fsp3) is 0.750. The lowest BCUT2D eigenvalue weighted by molar-refractivity contribution is 0.521. The van der Waals surface area contributed by atoms with Gasteiger partial charge in [0, 0.05) is 31.6 Å². The minimum Gasteiger partial charge on any atom is -0.373 e. The van der Waals surface area contributed by atoms with Gasteiger partial charge < -0.3 is 10.2 Å². The van der Waals surface area contributed by atoms with Crippen LogP contribution in [-0.2, 0) is 0 Å². The van der Waals surface area contributed by atoms with Crippen molar-refractivity contribution in [1.82, 2.24) is 9.97 Å².